The molecular formula is C8H9BrN2O. The van der Waals surface area contributed by atoms with Gasteiger partial charge in [-0.15, -0.1) is 0 Å². The molecule has 12 heavy (non-hydrogen) atoms. The first-order valence-corrected chi connectivity index (χ1v) is 3.82. The summed E-state index contributed by atoms with van der Waals surface area (Å²) in [4.78, 5) is 4.02. The first-order valence-electron chi connectivity index (χ1n) is 7.03. The highest BCUT2D eigenvalue weighted by Crippen LogP contribution is 2.19. The zero-order chi connectivity index (χ0) is 15.7. The lowest BCUT2D eigenvalue weighted by Crippen LogP contribution is -2.51. The van der Waals surface area contributed by atoms with Gasteiger partial charge in [-0.2, -0.15) is 0 Å². The third kappa shape index (κ3) is 1.44. The molecule has 0 aromatic carbocycles. The Morgan fingerprint density at radius 3 is 3.33 bits per heavy atom. The number of hydrogen-bond donors (Lipinski definition) is 1. The molecule has 2 heterocycles. The van der Waals surface area contributed by atoms with Crippen molar-refractivity contribution in [2.75, 3.05) is 17.9 Å². The van der Waals surface area contributed by atoms with Crippen LogP contribution in [0.1, 0.15) is 11.0 Å². The van der Waals surface area contributed by atoms with E-state index < -0.39 is 37.0 Å². The Balaban J connectivity index is 2.65. The third-order valence-corrected chi connectivity index (χ3v) is 1.57. The number of aromatic nitrogens is 1. The van der Waals surface area contributed by atoms with E-state index in [1.807, 2.05) is 0 Å². The molecule has 3 nitrogen and oxygen atoms in total. The second-order valence-corrected chi connectivity index (χ2v) is 2.76. The summed E-state index contributed by atoms with van der Waals surface area (Å²) in [5, 5.41) is 9.57. The van der Waals surface area contributed by atoms with Crippen LogP contribution >= 0.6 is 15.9 Å². The van der Waals surface area contributed by atoms with E-state index in [9.17, 15) is 5.11 Å². The highest BCUT2D eigenvalue weighted by Gasteiger charge is 2.25. The predicted octanol–water partition coefficient (Wildman–Crippen LogP) is 1.02. The van der Waals surface area contributed by atoms with E-state index in [4.69, 9.17) is 11.0 Å². The molecule has 1 saturated heterocycles. The second-order valence-electron chi connectivity index (χ2n) is 2.01. The summed E-state index contributed by atoms with van der Waals surface area (Å²) < 4.78 is 60.2. The van der Waals surface area contributed by atoms with Crippen LogP contribution in [0.3, 0.4) is 0 Å². The van der Waals surface area contributed by atoms with Gasteiger partial charge in [0.15, 0.2) is 0 Å². The molecule has 0 radical (unpaired) electrons. The van der Waals surface area contributed by atoms with Crippen LogP contribution in [0, 0.1) is 0 Å². The normalized spacial score (nSPS) is 38.3. The molecule has 1 aliphatic heterocycles. The van der Waals surface area contributed by atoms with Gasteiger partial charge in [0, 0.05) is 13.0 Å². The van der Waals surface area contributed by atoms with Crippen molar-refractivity contribution in [3.8, 4) is 0 Å². The summed E-state index contributed by atoms with van der Waals surface area (Å²) in [5.74, 6) is -0.551. The maximum Gasteiger partial charge on any atom is 0.130 e. The summed E-state index contributed by atoms with van der Waals surface area (Å²) in [6.07, 6.45) is -3.04. The van der Waals surface area contributed by atoms with Crippen molar-refractivity contribution in [3.05, 3.63) is 22.7 Å². The predicted molar refractivity (Wildman–Crippen MR) is 50.2 cm³/mol. The number of hydrogen-bond acceptors (Lipinski definition) is 3. The molecule has 0 atom stereocenters. The van der Waals surface area contributed by atoms with Crippen molar-refractivity contribution in [2.45, 2.75) is 6.08 Å². The van der Waals surface area contributed by atoms with Gasteiger partial charge >= 0.3 is 0 Å². The minimum atomic E-state index is -3.04. The first kappa shape index (κ1) is 2.96. The van der Waals surface area contributed by atoms with Gasteiger partial charge in [0.25, 0.3) is 0 Å². The van der Waals surface area contributed by atoms with E-state index in [-0.39, 0.29) is 10.6 Å². The van der Waals surface area contributed by atoms with Gasteiger partial charge in [0.05, 0.1) is 17.0 Å². The Labute approximate surface area is 90.4 Å². The number of β-amino-alcohol motifs (C(OH)–C–C–N with tert-alkyl or cyclic N) is 1. The number of pyridine rings is 1. The Morgan fingerprint density at radius 1 is 1.83 bits per heavy atom. The lowest BCUT2D eigenvalue weighted by Gasteiger charge is -2.36. The average Bonchev–Trinajstić information content (AvgIpc) is 2.32. The maximum atomic E-state index is 9.57. The molecule has 1 aromatic heterocycles. The van der Waals surface area contributed by atoms with Crippen molar-refractivity contribution in [1.29, 1.82) is 0 Å². The minimum absolute atomic E-state index is 0.152. The number of aliphatic hydroxyl groups is 1. The third-order valence-electron chi connectivity index (χ3n) is 1.19. The zero-order valence-electron chi connectivity index (χ0n) is 13.7. The van der Waals surface area contributed by atoms with Gasteiger partial charge in [-0.25, -0.2) is 4.98 Å². The molecule has 0 amide bonds. The van der Waals surface area contributed by atoms with Crippen molar-refractivity contribution < 1.29 is 16.1 Å². The summed E-state index contributed by atoms with van der Waals surface area (Å²) in [6, 6.07) is -1.60. The topological polar surface area (TPSA) is 36.4 Å². The fourth-order valence-electron chi connectivity index (χ4n) is 0.711. The van der Waals surface area contributed by atoms with E-state index in [1.54, 1.807) is 0 Å². The van der Waals surface area contributed by atoms with Crippen molar-refractivity contribution in [1.82, 2.24) is 4.98 Å². The molecule has 0 aliphatic carbocycles. The van der Waals surface area contributed by atoms with Crippen LogP contribution in [0.15, 0.2) is 22.7 Å². The highest BCUT2D eigenvalue weighted by atomic mass is 79.9. The van der Waals surface area contributed by atoms with Crippen LogP contribution in [0.25, 0.3) is 0 Å². The quantitative estimate of drug-likeness (QED) is 0.741. The summed E-state index contributed by atoms with van der Waals surface area (Å²) in [5.41, 5.74) is 0. The molecule has 1 aromatic rings. The van der Waals surface area contributed by atoms with Crippen LogP contribution in [0.5, 0.6) is 0 Å². The lowest BCUT2D eigenvalue weighted by atomic mass is 10.2. The van der Waals surface area contributed by atoms with Crippen LogP contribution in [-0.2, 0) is 0 Å². The van der Waals surface area contributed by atoms with Gasteiger partial charge in [-0.1, -0.05) is 6.04 Å². The fraction of sp³-hybridized carbons (Fsp3) is 0.375. The van der Waals surface area contributed by atoms with E-state index in [0.717, 1.165) is 0 Å². The van der Waals surface area contributed by atoms with Gasteiger partial charge < -0.3 is 10.0 Å². The molecule has 0 bridgehead atoms. The standard InChI is InChI=1S/C8H9BrN2O/c9-7-2-1-3-8(10-7)11-4-6(12)5-11/h1-3,6,12H,4-5H2/i1D,2D,3D,4D2,5D2,6D. The summed E-state index contributed by atoms with van der Waals surface area (Å²) in [7, 11) is 0. The Hall–Kier alpha value is -0.610. The monoisotopic (exact) mass is 236 g/mol. The number of rotatable bonds is 1. The van der Waals surface area contributed by atoms with E-state index in [2.05, 4.69) is 20.9 Å². The van der Waals surface area contributed by atoms with Crippen molar-refractivity contribution in [3.63, 3.8) is 0 Å². The maximum absolute atomic E-state index is 9.57. The molecule has 0 spiro atoms. The number of nitrogens with zero attached hydrogens (tertiary/aromatic N) is 2. The van der Waals surface area contributed by atoms with E-state index in [1.165, 1.54) is 0 Å². The Kier molecular flexibility index (Phi) is 0.747. The average molecular weight is 237 g/mol. The molecule has 1 aliphatic rings. The molecule has 0 saturated carbocycles. The SMILES string of the molecule is [2H]c1c(Br)nc(N2C([2H])([2H])C([2H])(O)C2([2H])[2H])c([2H])c1[2H]. The molecule has 1 fully saturated rings. The fourth-order valence-corrected chi connectivity index (χ4v) is 0.978. The molecule has 2 rings (SSSR count). The van der Waals surface area contributed by atoms with Gasteiger partial charge in [-0.05, 0) is 28.0 Å². The summed E-state index contributed by atoms with van der Waals surface area (Å²) >= 11 is 2.87. The molecule has 0 unspecified atom stereocenters. The van der Waals surface area contributed by atoms with Crippen LogP contribution in [0.4, 0.5) is 5.82 Å². The minimum Gasteiger partial charge on any atom is -0.389 e. The van der Waals surface area contributed by atoms with Gasteiger partial charge in [0.2, 0.25) is 0 Å². The van der Waals surface area contributed by atoms with Crippen molar-refractivity contribution in [2.24, 2.45) is 0 Å². The number of halogens is 1. The Morgan fingerprint density at radius 2 is 2.58 bits per heavy atom. The summed E-state index contributed by atoms with van der Waals surface area (Å²) in [6.45, 7) is -5.65. The highest BCUT2D eigenvalue weighted by molar-refractivity contribution is 9.10. The molecular weight excluding hydrogens is 220 g/mol. The van der Waals surface area contributed by atoms with E-state index >= 15 is 0 Å². The van der Waals surface area contributed by atoms with Gasteiger partial charge in [-0.3, -0.25) is 0 Å². The smallest absolute Gasteiger partial charge is 0.130 e. The number of anilines is 1. The first-order chi connectivity index (χ1) is 8.87. The largest absolute Gasteiger partial charge is 0.389 e. The van der Waals surface area contributed by atoms with Gasteiger partial charge in [0.1, 0.15) is 10.4 Å². The molecule has 64 valence electrons. The van der Waals surface area contributed by atoms with Crippen molar-refractivity contribution >= 4 is 21.7 Å². The Bertz CT molecular complexity index is 574. The van der Waals surface area contributed by atoms with E-state index in [0.29, 0.717) is 4.90 Å². The lowest BCUT2D eigenvalue weighted by molar-refractivity contribution is 0.141. The van der Waals surface area contributed by atoms with Crippen LogP contribution in [0.2, 0.25) is 0 Å². The zero-order valence-corrected chi connectivity index (χ0v) is 7.31. The van der Waals surface area contributed by atoms with Crippen LogP contribution < -0.4 is 4.90 Å². The molecule has 1 N–H and O–H groups in total. The second kappa shape index (κ2) is 3.03. The molecule has 4 heteroatoms. The van der Waals surface area contributed by atoms with Crippen LogP contribution in [-0.4, -0.2) is 29.2 Å².